The van der Waals surface area contributed by atoms with Crippen molar-refractivity contribution in [3.05, 3.63) is 39.3 Å². The number of aryl methyl sites for hydroxylation is 1. The zero-order chi connectivity index (χ0) is 20.7. The van der Waals surface area contributed by atoms with Crippen molar-refractivity contribution in [2.24, 2.45) is 5.41 Å². The number of carbonyl (C=O) groups excluding carboxylic acids is 1. The Bertz CT molecular complexity index is 884. The number of nitrogens with zero attached hydrogens (tertiary/aromatic N) is 2. The number of nitrogens with one attached hydrogen (secondary N) is 1. The van der Waals surface area contributed by atoms with E-state index in [4.69, 9.17) is 0 Å². The first-order chi connectivity index (χ1) is 12.9. The molecule has 0 saturated carbocycles. The van der Waals surface area contributed by atoms with E-state index in [1.807, 2.05) is 45.9 Å². The van der Waals surface area contributed by atoms with Crippen LogP contribution in [-0.4, -0.2) is 17.4 Å². The van der Waals surface area contributed by atoms with E-state index >= 15 is 0 Å². The number of anilines is 2. The predicted molar refractivity (Wildman–Crippen MR) is 106 cm³/mol. The van der Waals surface area contributed by atoms with E-state index in [9.17, 15) is 18.0 Å². The summed E-state index contributed by atoms with van der Waals surface area (Å²) in [5, 5.41) is 2.17. The van der Waals surface area contributed by atoms with Crippen LogP contribution >= 0.6 is 11.3 Å². The first-order valence-corrected chi connectivity index (χ1v) is 9.95. The third-order valence-corrected chi connectivity index (χ3v) is 5.64. The SMILES string of the molecule is Cc1cc(N2CCc3nc(C(F)(F)F)sc3C2)ccc1NC(=O)CC(C)(C)C. The van der Waals surface area contributed by atoms with Crippen molar-refractivity contribution >= 4 is 28.6 Å². The summed E-state index contributed by atoms with van der Waals surface area (Å²) in [5.41, 5.74) is 3.07. The second kappa shape index (κ2) is 7.39. The Hall–Kier alpha value is -2.09. The lowest BCUT2D eigenvalue weighted by atomic mass is 9.92. The average molecular weight is 411 g/mol. The number of fused-ring (bicyclic) bond motifs is 1. The van der Waals surface area contributed by atoms with Crippen LogP contribution in [0.1, 0.15) is 48.3 Å². The minimum atomic E-state index is -4.39. The first kappa shape index (κ1) is 20.6. The molecular weight excluding hydrogens is 387 g/mol. The summed E-state index contributed by atoms with van der Waals surface area (Å²) >= 11 is 0.727. The molecule has 152 valence electrons. The zero-order valence-electron chi connectivity index (χ0n) is 16.4. The van der Waals surface area contributed by atoms with Crippen LogP contribution in [0.25, 0.3) is 0 Å². The topological polar surface area (TPSA) is 45.2 Å². The number of rotatable bonds is 3. The number of halogens is 3. The van der Waals surface area contributed by atoms with Gasteiger partial charge in [0.2, 0.25) is 5.91 Å². The minimum absolute atomic E-state index is 0.0321. The van der Waals surface area contributed by atoms with Gasteiger partial charge in [0, 0.05) is 35.6 Å². The molecule has 28 heavy (non-hydrogen) atoms. The van der Waals surface area contributed by atoms with Crippen LogP contribution in [0.2, 0.25) is 0 Å². The summed E-state index contributed by atoms with van der Waals surface area (Å²) in [5.74, 6) is -0.0321. The Balaban J connectivity index is 1.72. The standard InChI is InChI=1S/C20H24F3N3OS/c1-12-9-13(5-6-14(12)24-17(27)10-19(2,3)4)26-8-7-15-16(11-26)28-18(25-15)20(21,22)23/h5-6,9H,7-8,10-11H2,1-4H3,(H,24,27). The molecule has 2 aromatic rings. The van der Waals surface area contributed by atoms with Gasteiger partial charge in [-0.1, -0.05) is 20.8 Å². The van der Waals surface area contributed by atoms with E-state index in [-0.39, 0.29) is 11.3 Å². The Morgan fingerprint density at radius 1 is 1.29 bits per heavy atom. The molecule has 0 unspecified atom stereocenters. The molecule has 1 amide bonds. The molecule has 8 heteroatoms. The highest BCUT2D eigenvalue weighted by molar-refractivity contribution is 7.11. The normalized spacial score (nSPS) is 14.8. The molecule has 0 saturated heterocycles. The van der Waals surface area contributed by atoms with E-state index in [2.05, 4.69) is 15.2 Å². The number of thiazole rings is 1. The second-order valence-corrected chi connectivity index (χ2v) is 9.43. The van der Waals surface area contributed by atoms with Crippen molar-refractivity contribution in [3.63, 3.8) is 0 Å². The molecule has 0 radical (unpaired) electrons. The Labute approximate surface area is 166 Å². The molecule has 3 rings (SSSR count). The molecule has 1 aliphatic rings. The van der Waals surface area contributed by atoms with Gasteiger partial charge in [0.1, 0.15) is 0 Å². The Kier molecular flexibility index (Phi) is 5.44. The lowest BCUT2D eigenvalue weighted by Crippen LogP contribution is -2.29. The zero-order valence-corrected chi connectivity index (χ0v) is 17.2. The fourth-order valence-electron chi connectivity index (χ4n) is 3.20. The third-order valence-electron chi connectivity index (χ3n) is 4.51. The number of benzene rings is 1. The molecule has 2 heterocycles. The number of hydrogen-bond donors (Lipinski definition) is 1. The number of hydrogen-bond acceptors (Lipinski definition) is 4. The smallest absolute Gasteiger partial charge is 0.366 e. The van der Waals surface area contributed by atoms with Gasteiger partial charge in [-0.15, -0.1) is 11.3 Å². The highest BCUT2D eigenvalue weighted by atomic mass is 32.1. The number of alkyl halides is 3. The van der Waals surface area contributed by atoms with Crippen molar-refractivity contribution in [2.45, 2.75) is 53.3 Å². The Morgan fingerprint density at radius 3 is 2.61 bits per heavy atom. The first-order valence-electron chi connectivity index (χ1n) is 9.13. The maximum Gasteiger partial charge on any atom is 0.443 e. The summed E-state index contributed by atoms with van der Waals surface area (Å²) in [6, 6.07) is 5.72. The molecule has 1 aromatic heterocycles. The molecule has 0 aliphatic carbocycles. The molecule has 1 N–H and O–H groups in total. The van der Waals surface area contributed by atoms with Crippen LogP contribution in [-0.2, 0) is 23.9 Å². The van der Waals surface area contributed by atoms with Crippen LogP contribution in [0, 0.1) is 12.3 Å². The van der Waals surface area contributed by atoms with Gasteiger partial charge in [0.05, 0.1) is 12.2 Å². The van der Waals surface area contributed by atoms with E-state index in [1.54, 1.807) is 0 Å². The van der Waals surface area contributed by atoms with Gasteiger partial charge >= 0.3 is 6.18 Å². The Morgan fingerprint density at radius 2 is 2.00 bits per heavy atom. The second-order valence-electron chi connectivity index (χ2n) is 8.34. The van der Waals surface area contributed by atoms with E-state index in [0.717, 1.165) is 28.3 Å². The summed E-state index contributed by atoms with van der Waals surface area (Å²) in [6.45, 7) is 8.98. The maximum atomic E-state index is 12.9. The van der Waals surface area contributed by atoms with Crippen LogP contribution in [0.15, 0.2) is 18.2 Å². The largest absolute Gasteiger partial charge is 0.443 e. The third kappa shape index (κ3) is 4.84. The fourth-order valence-corrected chi connectivity index (χ4v) is 4.19. The van der Waals surface area contributed by atoms with Crippen molar-refractivity contribution in [1.82, 2.24) is 4.98 Å². The fraction of sp³-hybridized carbons (Fsp3) is 0.500. The van der Waals surface area contributed by atoms with Crippen molar-refractivity contribution < 1.29 is 18.0 Å². The summed E-state index contributed by atoms with van der Waals surface area (Å²) in [7, 11) is 0. The van der Waals surface area contributed by atoms with Crippen molar-refractivity contribution in [3.8, 4) is 0 Å². The molecule has 0 atom stereocenters. The molecule has 1 aliphatic heterocycles. The van der Waals surface area contributed by atoms with Crippen LogP contribution in [0.4, 0.5) is 24.5 Å². The highest BCUT2D eigenvalue weighted by Gasteiger charge is 2.37. The maximum absolute atomic E-state index is 12.9. The summed E-state index contributed by atoms with van der Waals surface area (Å²) < 4.78 is 38.7. The van der Waals surface area contributed by atoms with Crippen LogP contribution < -0.4 is 10.2 Å². The molecular formula is C20H24F3N3OS. The van der Waals surface area contributed by atoms with Gasteiger partial charge in [0.25, 0.3) is 0 Å². The van der Waals surface area contributed by atoms with Crippen LogP contribution in [0.3, 0.4) is 0 Å². The van der Waals surface area contributed by atoms with E-state index in [1.165, 1.54) is 0 Å². The van der Waals surface area contributed by atoms with E-state index < -0.39 is 11.2 Å². The van der Waals surface area contributed by atoms with Crippen molar-refractivity contribution in [2.75, 3.05) is 16.8 Å². The molecule has 0 bridgehead atoms. The number of carbonyl (C=O) groups is 1. The quantitative estimate of drug-likeness (QED) is 0.735. The molecule has 1 aromatic carbocycles. The number of aromatic nitrogens is 1. The van der Waals surface area contributed by atoms with Crippen LogP contribution in [0.5, 0.6) is 0 Å². The highest BCUT2D eigenvalue weighted by Crippen LogP contribution is 2.37. The van der Waals surface area contributed by atoms with Gasteiger partial charge in [-0.25, -0.2) is 4.98 Å². The molecule has 0 fully saturated rings. The van der Waals surface area contributed by atoms with Gasteiger partial charge in [-0.2, -0.15) is 13.2 Å². The minimum Gasteiger partial charge on any atom is -0.366 e. The molecule has 4 nitrogen and oxygen atoms in total. The molecule has 0 spiro atoms. The summed E-state index contributed by atoms with van der Waals surface area (Å²) in [4.78, 5) is 18.6. The van der Waals surface area contributed by atoms with Gasteiger partial charge < -0.3 is 10.2 Å². The monoisotopic (exact) mass is 411 g/mol. The van der Waals surface area contributed by atoms with Crippen molar-refractivity contribution in [1.29, 1.82) is 0 Å². The summed E-state index contributed by atoms with van der Waals surface area (Å²) in [6.07, 6.45) is -3.47. The van der Waals surface area contributed by atoms with Gasteiger partial charge in [-0.05, 0) is 36.1 Å². The van der Waals surface area contributed by atoms with Gasteiger partial charge in [-0.3, -0.25) is 4.79 Å². The average Bonchev–Trinajstić information content (AvgIpc) is 2.98. The lowest BCUT2D eigenvalue weighted by molar-refractivity contribution is -0.137. The van der Waals surface area contributed by atoms with E-state index in [0.29, 0.717) is 36.5 Å². The predicted octanol–water partition coefficient (Wildman–Crippen LogP) is 5.41. The lowest BCUT2D eigenvalue weighted by Gasteiger charge is -2.29. The van der Waals surface area contributed by atoms with Gasteiger partial charge in [0.15, 0.2) is 5.01 Å². The number of amides is 1.